The number of nitrogens with one attached hydrogen (secondary N) is 1. The van der Waals surface area contributed by atoms with Crippen LogP contribution in [-0.2, 0) is 0 Å². The molecule has 2 bridgehead atoms. The average molecular weight is 374 g/mol. The first-order valence-corrected chi connectivity index (χ1v) is 9.94. The van der Waals surface area contributed by atoms with E-state index in [0.29, 0.717) is 23.9 Å². The van der Waals surface area contributed by atoms with Gasteiger partial charge in [0, 0.05) is 23.7 Å². The molecule has 142 valence electrons. The Hall–Kier alpha value is -2.93. The predicted octanol–water partition coefficient (Wildman–Crippen LogP) is 3.74. The van der Waals surface area contributed by atoms with E-state index in [1.165, 1.54) is 25.7 Å². The number of para-hydroxylation sites is 2. The minimum Gasteiger partial charge on any atom is -0.453 e. The van der Waals surface area contributed by atoms with Crippen molar-refractivity contribution >= 4 is 11.4 Å². The first-order valence-electron chi connectivity index (χ1n) is 9.94. The molecule has 0 spiro atoms. The highest BCUT2D eigenvalue weighted by molar-refractivity contribution is 5.80. The molecule has 0 aliphatic carbocycles. The van der Waals surface area contributed by atoms with Crippen LogP contribution < -0.4 is 9.64 Å². The normalized spacial score (nSPS) is 25.9. The molecule has 1 aromatic heterocycles. The molecular weight excluding hydrogens is 352 g/mol. The molecule has 6 rings (SSSR count). The van der Waals surface area contributed by atoms with Crippen molar-refractivity contribution in [3.8, 4) is 22.9 Å². The summed E-state index contributed by atoms with van der Waals surface area (Å²) < 4.78 is 6.29. The number of nitrogens with zero attached hydrogens (tertiary/aromatic N) is 5. The fourth-order valence-electron chi connectivity index (χ4n) is 5.20. The van der Waals surface area contributed by atoms with Gasteiger partial charge in [-0.3, -0.25) is 0 Å². The average Bonchev–Trinajstić information content (AvgIpc) is 3.31. The molecule has 0 saturated carbocycles. The van der Waals surface area contributed by atoms with Crippen molar-refractivity contribution < 1.29 is 4.74 Å². The Labute approximate surface area is 163 Å². The van der Waals surface area contributed by atoms with Crippen molar-refractivity contribution in [3.05, 3.63) is 42.5 Å². The monoisotopic (exact) mass is 374 g/mol. The van der Waals surface area contributed by atoms with Crippen LogP contribution in [-0.4, -0.2) is 50.7 Å². The summed E-state index contributed by atoms with van der Waals surface area (Å²) in [6.45, 7) is 0. The number of aromatic amines is 1. The third-order valence-corrected chi connectivity index (χ3v) is 6.61. The van der Waals surface area contributed by atoms with Gasteiger partial charge >= 0.3 is 0 Å². The maximum Gasteiger partial charge on any atom is 0.204 e. The van der Waals surface area contributed by atoms with Crippen molar-refractivity contribution in [2.75, 3.05) is 11.9 Å². The van der Waals surface area contributed by atoms with Gasteiger partial charge in [-0.25, -0.2) is 0 Å². The van der Waals surface area contributed by atoms with Gasteiger partial charge in [0.1, 0.15) is 0 Å². The van der Waals surface area contributed by atoms with Crippen molar-refractivity contribution in [3.63, 3.8) is 0 Å². The van der Waals surface area contributed by atoms with Crippen LogP contribution >= 0.6 is 0 Å². The number of anilines is 2. The lowest BCUT2D eigenvalue weighted by atomic mass is 9.94. The summed E-state index contributed by atoms with van der Waals surface area (Å²) in [6, 6.07) is 16.4. The maximum absolute atomic E-state index is 6.29. The highest BCUT2D eigenvalue weighted by atomic mass is 16.5. The highest BCUT2D eigenvalue weighted by Gasteiger charge is 2.42. The van der Waals surface area contributed by atoms with Gasteiger partial charge in [-0.1, -0.05) is 12.1 Å². The van der Waals surface area contributed by atoms with Gasteiger partial charge in [0.15, 0.2) is 11.5 Å². The molecule has 3 aliphatic heterocycles. The van der Waals surface area contributed by atoms with Crippen molar-refractivity contribution in [2.24, 2.45) is 0 Å². The van der Waals surface area contributed by atoms with Crippen LogP contribution in [0.4, 0.5) is 11.4 Å². The van der Waals surface area contributed by atoms with E-state index in [-0.39, 0.29) is 0 Å². The topological polar surface area (TPSA) is 70.2 Å². The number of hydrogen-bond donors (Lipinski definition) is 1. The molecule has 7 nitrogen and oxygen atoms in total. The molecule has 2 atom stereocenters. The van der Waals surface area contributed by atoms with Gasteiger partial charge in [-0.05, 0) is 68.3 Å². The van der Waals surface area contributed by atoms with E-state index in [0.717, 1.165) is 28.4 Å². The van der Waals surface area contributed by atoms with Crippen LogP contribution in [0.1, 0.15) is 25.7 Å². The Balaban J connectivity index is 1.44. The number of fused-ring (bicyclic) bond motifs is 4. The van der Waals surface area contributed by atoms with E-state index in [1.54, 1.807) is 0 Å². The second kappa shape index (κ2) is 6.04. The summed E-state index contributed by atoms with van der Waals surface area (Å²) in [7, 11) is 2.29. The molecule has 4 heterocycles. The molecule has 28 heavy (non-hydrogen) atoms. The lowest BCUT2D eigenvalue weighted by molar-refractivity contribution is 0.162. The molecule has 0 radical (unpaired) electrons. The van der Waals surface area contributed by atoms with E-state index in [1.807, 2.05) is 12.1 Å². The van der Waals surface area contributed by atoms with Crippen molar-refractivity contribution in [2.45, 2.75) is 43.8 Å². The molecule has 7 heteroatoms. The number of rotatable bonds is 2. The zero-order valence-electron chi connectivity index (χ0n) is 15.7. The summed E-state index contributed by atoms with van der Waals surface area (Å²) in [6.07, 6.45) is 5.00. The minimum absolute atomic E-state index is 0.480. The number of aromatic nitrogens is 4. The van der Waals surface area contributed by atoms with Gasteiger partial charge in [0.25, 0.3) is 0 Å². The number of ether oxygens (including phenoxy) is 1. The quantitative estimate of drug-likeness (QED) is 0.737. The molecule has 3 aromatic rings. The van der Waals surface area contributed by atoms with Crippen LogP contribution in [0.2, 0.25) is 0 Å². The largest absolute Gasteiger partial charge is 0.453 e. The van der Waals surface area contributed by atoms with E-state index in [2.05, 4.69) is 67.8 Å². The number of tetrazole rings is 1. The molecule has 1 N–H and O–H groups in total. The van der Waals surface area contributed by atoms with Crippen LogP contribution in [0.25, 0.3) is 11.4 Å². The summed E-state index contributed by atoms with van der Waals surface area (Å²) in [5.41, 5.74) is 3.19. The Morgan fingerprint density at radius 1 is 0.964 bits per heavy atom. The van der Waals surface area contributed by atoms with Crippen LogP contribution in [0.5, 0.6) is 11.5 Å². The van der Waals surface area contributed by atoms with Gasteiger partial charge in [0.05, 0.1) is 11.4 Å². The van der Waals surface area contributed by atoms with Crippen molar-refractivity contribution in [1.29, 1.82) is 0 Å². The number of hydrogen-bond acceptors (Lipinski definition) is 6. The molecule has 2 aromatic carbocycles. The number of piperidine rings is 1. The lowest BCUT2D eigenvalue weighted by Crippen LogP contribution is -2.48. The van der Waals surface area contributed by atoms with Gasteiger partial charge in [-0.2, -0.15) is 5.21 Å². The van der Waals surface area contributed by atoms with Crippen LogP contribution in [0.3, 0.4) is 0 Å². The summed E-state index contributed by atoms with van der Waals surface area (Å²) in [4.78, 5) is 5.09. The van der Waals surface area contributed by atoms with Crippen molar-refractivity contribution in [1.82, 2.24) is 25.5 Å². The number of benzene rings is 2. The molecule has 0 amide bonds. The van der Waals surface area contributed by atoms with E-state index >= 15 is 0 Å². The minimum atomic E-state index is 0.480. The highest BCUT2D eigenvalue weighted by Crippen LogP contribution is 2.51. The summed E-state index contributed by atoms with van der Waals surface area (Å²) in [5, 5.41) is 14.4. The lowest BCUT2D eigenvalue weighted by Gasteiger charge is -2.44. The van der Waals surface area contributed by atoms with Crippen LogP contribution in [0, 0.1) is 0 Å². The molecule has 3 aliphatic rings. The molecular formula is C21H22N6O. The molecule has 2 fully saturated rings. The standard InChI is InChI=1S/C21H22N6O/c1-26-14-7-8-15(26)12-16(11-14)27-17-4-2-3-5-19(17)28-20-10-13(6-9-18(20)27)21-22-24-25-23-21/h2-6,9-10,14-16H,7-8,11-12H2,1H3,(H,22,23,24,25). The van der Waals surface area contributed by atoms with E-state index < -0.39 is 0 Å². The Morgan fingerprint density at radius 3 is 2.54 bits per heavy atom. The smallest absolute Gasteiger partial charge is 0.204 e. The Bertz CT molecular complexity index is 1010. The Kier molecular flexibility index (Phi) is 3.46. The summed E-state index contributed by atoms with van der Waals surface area (Å²) >= 11 is 0. The zero-order chi connectivity index (χ0) is 18.7. The van der Waals surface area contributed by atoms with Gasteiger partial charge < -0.3 is 14.5 Å². The SMILES string of the molecule is CN1C2CCC1CC(N1c3ccccc3Oc3cc(-c4nn[nH]n4)ccc31)C2. The number of H-pyrrole nitrogens is 1. The molecule has 2 saturated heterocycles. The second-order valence-electron chi connectivity index (χ2n) is 8.03. The van der Waals surface area contributed by atoms with Crippen LogP contribution in [0.15, 0.2) is 42.5 Å². The molecule has 2 unspecified atom stereocenters. The summed E-state index contributed by atoms with van der Waals surface area (Å²) in [5.74, 6) is 2.34. The third-order valence-electron chi connectivity index (χ3n) is 6.61. The maximum atomic E-state index is 6.29. The van der Waals surface area contributed by atoms with Gasteiger partial charge in [-0.15, -0.1) is 10.2 Å². The second-order valence-corrected chi connectivity index (χ2v) is 8.03. The Morgan fingerprint density at radius 2 is 1.75 bits per heavy atom. The van der Waals surface area contributed by atoms with E-state index in [4.69, 9.17) is 4.74 Å². The van der Waals surface area contributed by atoms with Gasteiger partial charge in [0.2, 0.25) is 5.82 Å². The zero-order valence-corrected chi connectivity index (χ0v) is 15.7. The fourth-order valence-corrected chi connectivity index (χ4v) is 5.20. The third kappa shape index (κ3) is 2.36. The fraction of sp³-hybridized carbons (Fsp3) is 0.381. The first kappa shape index (κ1) is 16.1. The predicted molar refractivity (Wildman–Crippen MR) is 106 cm³/mol. The first-order chi connectivity index (χ1) is 13.8. The van der Waals surface area contributed by atoms with E-state index in [9.17, 15) is 0 Å².